The molecule has 0 aliphatic carbocycles. The van der Waals surface area contributed by atoms with Gasteiger partial charge in [0.25, 0.3) is 0 Å². The highest BCUT2D eigenvalue weighted by atomic mass is 31.1. The fraction of sp³-hybridized carbons (Fsp3) is 0.250. The molecule has 2 rings (SSSR count). The number of benzene rings is 2. The molecule has 0 heterocycles. The molecule has 0 aromatic heterocycles. The van der Waals surface area contributed by atoms with Gasteiger partial charge < -0.3 is 5.11 Å². The molecule has 1 nitrogen and oxygen atoms in total. The topological polar surface area (TPSA) is 20.2 Å². The first-order valence-corrected chi connectivity index (χ1v) is 9.00. The lowest BCUT2D eigenvalue weighted by Crippen LogP contribution is -2.19. The van der Waals surface area contributed by atoms with Gasteiger partial charge in [-0.15, -0.1) is 0 Å². The summed E-state index contributed by atoms with van der Waals surface area (Å²) in [6, 6.07) is 8.97. The van der Waals surface area contributed by atoms with E-state index in [9.17, 15) is 31.4 Å². The van der Waals surface area contributed by atoms with E-state index in [-0.39, 0.29) is 17.2 Å². The highest BCUT2D eigenvalue weighted by molar-refractivity contribution is 7.66. The van der Waals surface area contributed by atoms with Crippen molar-refractivity contribution >= 4 is 27.8 Å². The van der Waals surface area contributed by atoms with Crippen LogP contribution in [0.5, 0.6) is 0 Å². The van der Waals surface area contributed by atoms with E-state index in [1.54, 1.807) is 0 Å². The molecule has 0 aliphatic rings. The number of halogens is 6. The molecule has 2 unspecified atom stereocenters. The van der Waals surface area contributed by atoms with Crippen LogP contribution < -0.4 is 10.6 Å². The molecule has 0 radical (unpaired) electrons. The minimum absolute atomic E-state index is 0.199. The quantitative estimate of drug-likeness (QED) is 0.585. The number of hydrogen-bond acceptors (Lipinski definition) is 1. The van der Waals surface area contributed by atoms with E-state index < -0.39 is 28.6 Å². The van der Waals surface area contributed by atoms with Gasteiger partial charge in [0, 0.05) is 0 Å². The summed E-state index contributed by atoms with van der Waals surface area (Å²) in [5.74, 6) is 0. The van der Waals surface area contributed by atoms with E-state index in [2.05, 4.69) is 0 Å². The van der Waals surface area contributed by atoms with Crippen LogP contribution in [-0.2, 0) is 12.4 Å². The fourth-order valence-electron chi connectivity index (χ4n) is 2.08. The van der Waals surface area contributed by atoms with Gasteiger partial charge in [-0.25, -0.2) is 0 Å². The van der Waals surface area contributed by atoms with E-state index in [0.717, 1.165) is 24.3 Å². The van der Waals surface area contributed by atoms with Crippen LogP contribution in [0.1, 0.15) is 18.1 Å². The first kappa shape index (κ1) is 20.2. The monoisotopic (exact) mass is 398 g/mol. The predicted octanol–water partition coefficient (Wildman–Crippen LogP) is 4.70. The second kappa shape index (κ2) is 7.22. The van der Waals surface area contributed by atoms with Crippen LogP contribution in [0, 0.1) is 0 Å². The number of rotatable bonds is 4. The van der Waals surface area contributed by atoms with E-state index in [1.807, 2.05) is 0 Å². The summed E-state index contributed by atoms with van der Waals surface area (Å²) in [5.41, 5.74) is -1.54. The van der Waals surface area contributed by atoms with Gasteiger partial charge >= 0.3 is 12.4 Å². The Bertz CT molecular complexity index is 644. The van der Waals surface area contributed by atoms with Crippen molar-refractivity contribution < 1.29 is 31.4 Å². The summed E-state index contributed by atoms with van der Waals surface area (Å²) in [6.45, 7) is 1.51. The van der Waals surface area contributed by atoms with E-state index in [4.69, 9.17) is 0 Å². The maximum Gasteiger partial charge on any atom is 0.416 e. The summed E-state index contributed by atoms with van der Waals surface area (Å²) >= 11 is 0. The molecule has 2 aromatic carbocycles. The average molecular weight is 398 g/mol. The molecule has 2 atom stereocenters. The zero-order valence-electron chi connectivity index (χ0n) is 12.8. The maximum atomic E-state index is 12.5. The van der Waals surface area contributed by atoms with Crippen LogP contribution in [0.4, 0.5) is 26.3 Å². The van der Waals surface area contributed by atoms with Gasteiger partial charge in [0.05, 0.1) is 11.1 Å². The molecular weight excluding hydrogens is 384 g/mol. The van der Waals surface area contributed by atoms with Crippen molar-refractivity contribution in [3.05, 3.63) is 59.7 Å². The summed E-state index contributed by atoms with van der Waals surface area (Å²) in [7, 11) is -0.398. The van der Waals surface area contributed by atoms with Crippen LogP contribution in [0.2, 0.25) is 0 Å². The average Bonchev–Trinajstić information content (AvgIpc) is 2.45. The molecule has 9 heteroatoms. The minimum atomic E-state index is -4.42. The Morgan fingerprint density at radius 2 is 0.920 bits per heavy atom. The largest absolute Gasteiger partial charge is 0.416 e. The van der Waals surface area contributed by atoms with Crippen LogP contribution in [0.15, 0.2) is 48.5 Å². The summed E-state index contributed by atoms with van der Waals surface area (Å²) in [6.07, 6.45) is -8.85. The molecule has 0 bridgehead atoms. The van der Waals surface area contributed by atoms with Gasteiger partial charge in [0.2, 0.25) is 0 Å². The Labute approximate surface area is 144 Å². The Kier molecular flexibility index (Phi) is 5.82. The Morgan fingerprint density at radius 1 is 0.640 bits per heavy atom. The van der Waals surface area contributed by atoms with Crippen LogP contribution in [0.3, 0.4) is 0 Å². The Hall–Kier alpha value is -1.16. The SMILES string of the molecule is CC(O)(Pc1ccc(C(F)(F)F)cc1)Pc1ccc(C(F)(F)F)cc1. The van der Waals surface area contributed by atoms with Crippen LogP contribution in [-0.4, -0.2) is 10.2 Å². The van der Waals surface area contributed by atoms with Crippen molar-refractivity contribution in [1.82, 2.24) is 0 Å². The molecule has 0 saturated heterocycles. The number of alkyl halides is 6. The van der Waals surface area contributed by atoms with Crippen molar-refractivity contribution in [1.29, 1.82) is 0 Å². The lowest BCUT2D eigenvalue weighted by molar-refractivity contribution is -0.138. The normalized spacial score (nSPS) is 16.0. The van der Waals surface area contributed by atoms with Gasteiger partial charge in [-0.3, -0.25) is 0 Å². The Morgan fingerprint density at radius 3 is 1.16 bits per heavy atom. The molecule has 0 saturated carbocycles. The Balaban J connectivity index is 2.06. The highest BCUT2D eigenvalue weighted by Gasteiger charge is 2.31. The minimum Gasteiger partial charge on any atom is -0.381 e. The molecule has 25 heavy (non-hydrogen) atoms. The third-order valence-electron chi connectivity index (χ3n) is 3.20. The van der Waals surface area contributed by atoms with E-state index >= 15 is 0 Å². The highest BCUT2D eigenvalue weighted by Crippen LogP contribution is 2.43. The third kappa shape index (κ3) is 5.95. The summed E-state index contributed by atoms with van der Waals surface area (Å²) in [5, 5.41) is 10.3. The van der Waals surface area contributed by atoms with Gasteiger partial charge in [-0.2, -0.15) is 26.3 Å². The zero-order chi connectivity index (χ0) is 18.9. The molecule has 0 amide bonds. The molecule has 136 valence electrons. The summed E-state index contributed by atoms with van der Waals surface area (Å²) < 4.78 is 75.2. The van der Waals surface area contributed by atoms with Crippen molar-refractivity contribution in [2.75, 3.05) is 0 Å². The standard InChI is InChI=1S/C16H14F6OP2/c1-14(23,24-12-6-2-10(3-7-12)15(17,18)19)25-13-8-4-11(5-9-13)16(20,21)22/h2-9,23-25H,1H3. The van der Waals surface area contributed by atoms with Gasteiger partial charge in [0.1, 0.15) is 5.08 Å². The molecular formula is C16H14F6OP2. The summed E-state index contributed by atoms with van der Waals surface area (Å²) in [4.78, 5) is 0. The fourth-order valence-corrected chi connectivity index (χ4v) is 4.99. The molecule has 0 fully saturated rings. The number of aliphatic hydroxyl groups is 1. The second-order valence-corrected chi connectivity index (χ2v) is 9.57. The van der Waals surface area contributed by atoms with E-state index in [0.29, 0.717) is 10.6 Å². The number of hydrogen-bond donors (Lipinski definition) is 1. The zero-order valence-corrected chi connectivity index (χ0v) is 14.8. The van der Waals surface area contributed by atoms with E-state index in [1.165, 1.54) is 31.2 Å². The van der Waals surface area contributed by atoms with Crippen LogP contribution >= 0.6 is 17.2 Å². The van der Waals surface area contributed by atoms with Gasteiger partial charge in [-0.05, 0) is 41.8 Å². The lowest BCUT2D eigenvalue weighted by Gasteiger charge is -2.24. The first-order chi connectivity index (χ1) is 11.4. The smallest absolute Gasteiger partial charge is 0.381 e. The van der Waals surface area contributed by atoms with Gasteiger partial charge in [0.15, 0.2) is 0 Å². The van der Waals surface area contributed by atoms with Crippen molar-refractivity contribution in [2.45, 2.75) is 24.4 Å². The van der Waals surface area contributed by atoms with Crippen LogP contribution in [0.25, 0.3) is 0 Å². The lowest BCUT2D eigenvalue weighted by atomic mass is 10.2. The third-order valence-corrected chi connectivity index (χ3v) is 6.17. The van der Waals surface area contributed by atoms with Crippen molar-refractivity contribution in [2.24, 2.45) is 0 Å². The van der Waals surface area contributed by atoms with Crippen molar-refractivity contribution in [3.63, 3.8) is 0 Å². The maximum absolute atomic E-state index is 12.5. The first-order valence-electron chi connectivity index (χ1n) is 7.00. The predicted molar refractivity (Wildman–Crippen MR) is 89.4 cm³/mol. The van der Waals surface area contributed by atoms with Gasteiger partial charge in [-0.1, -0.05) is 41.4 Å². The van der Waals surface area contributed by atoms with Crippen molar-refractivity contribution in [3.8, 4) is 0 Å². The second-order valence-electron chi connectivity index (χ2n) is 5.47. The molecule has 1 N–H and O–H groups in total. The molecule has 2 aromatic rings. The molecule has 0 aliphatic heterocycles. The molecule has 0 spiro atoms.